The molecule has 2 unspecified atom stereocenters. The van der Waals surface area contributed by atoms with Gasteiger partial charge in [0.05, 0.1) is 24.6 Å². The maximum Gasteiger partial charge on any atom is 0.334 e. The number of aromatic nitrogens is 1. The van der Waals surface area contributed by atoms with E-state index in [2.05, 4.69) is 4.98 Å². The first-order valence-electron chi connectivity index (χ1n) is 8.64. The van der Waals surface area contributed by atoms with Gasteiger partial charge >= 0.3 is 5.97 Å². The van der Waals surface area contributed by atoms with Gasteiger partial charge in [-0.2, -0.15) is 0 Å². The van der Waals surface area contributed by atoms with E-state index in [1.807, 2.05) is 24.3 Å². The molecule has 2 aromatic rings. The number of amides is 2. The second-order valence-corrected chi connectivity index (χ2v) is 7.52. The van der Waals surface area contributed by atoms with Crippen molar-refractivity contribution in [2.75, 3.05) is 31.3 Å². The predicted molar refractivity (Wildman–Crippen MR) is 99.5 cm³/mol. The topological polar surface area (TPSA) is 103 Å². The number of carboxylic acids is 1. The molecule has 3 heterocycles. The second kappa shape index (κ2) is 7.24. The second-order valence-electron chi connectivity index (χ2n) is 6.52. The van der Waals surface area contributed by atoms with Gasteiger partial charge in [-0.3, -0.25) is 9.59 Å². The fourth-order valence-electron chi connectivity index (χ4n) is 3.46. The molecular weight excluding hydrogens is 370 g/mol. The number of morpholine rings is 1. The summed E-state index contributed by atoms with van der Waals surface area (Å²) in [5.74, 6) is -0.565. The lowest BCUT2D eigenvalue weighted by atomic mass is 10.1. The van der Waals surface area contributed by atoms with Crippen molar-refractivity contribution >= 4 is 40.4 Å². The number of carboxylic acid groups (broad SMARTS) is 1. The van der Waals surface area contributed by atoms with Crippen LogP contribution in [0.4, 0.5) is 0 Å². The van der Waals surface area contributed by atoms with Crippen molar-refractivity contribution in [2.45, 2.75) is 12.1 Å². The van der Waals surface area contributed by atoms with E-state index in [1.54, 1.807) is 11.1 Å². The fraction of sp³-hybridized carbons (Fsp3) is 0.389. The summed E-state index contributed by atoms with van der Waals surface area (Å²) in [7, 11) is 0. The number of fused-ring (bicyclic) bond motifs is 1. The van der Waals surface area contributed by atoms with E-state index in [0.29, 0.717) is 23.7 Å². The van der Waals surface area contributed by atoms with Crippen LogP contribution in [0.3, 0.4) is 0 Å². The van der Waals surface area contributed by atoms with Crippen molar-refractivity contribution in [3.63, 3.8) is 0 Å². The van der Waals surface area contributed by atoms with Gasteiger partial charge < -0.3 is 24.6 Å². The summed E-state index contributed by atoms with van der Waals surface area (Å²) in [6, 6.07) is 6.94. The van der Waals surface area contributed by atoms with Crippen LogP contribution in [0.5, 0.6) is 0 Å². The van der Waals surface area contributed by atoms with Gasteiger partial charge in [-0.1, -0.05) is 18.2 Å². The minimum atomic E-state index is -1.08. The molecular formula is C18H19N3O5S. The third-order valence-corrected chi connectivity index (χ3v) is 5.91. The molecule has 9 heteroatoms. The lowest BCUT2D eigenvalue weighted by Crippen LogP contribution is -2.55. The van der Waals surface area contributed by atoms with Crippen LogP contribution in [0, 0.1) is 0 Å². The molecule has 0 saturated carbocycles. The number of aromatic amines is 1. The molecule has 142 valence electrons. The highest BCUT2D eigenvalue weighted by atomic mass is 32.2. The number of nitrogens with one attached hydrogen (secondary N) is 1. The highest BCUT2D eigenvalue weighted by Gasteiger charge is 2.40. The van der Waals surface area contributed by atoms with Crippen LogP contribution in [0.25, 0.3) is 10.9 Å². The van der Waals surface area contributed by atoms with Gasteiger partial charge in [0, 0.05) is 29.4 Å². The van der Waals surface area contributed by atoms with Gasteiger partial charge in [0.15, 0.2) is 6.10 Å². The lowest BCUT2D eigenvalue weighted by molar-refractivity contribution is -0.160. The van der Waals surface area contributed by atoms with Gasteiger partial charge in [0.25, 0.3) is 5.91 Å². The number of carbonyl (C=O) groups excluding carboxylic acids is 2. The number of rotatable bonds is 3. The average Bonchev–Trinajstić information content (AvgIpc) is 3.34. The molecule has 2 saturated heterocycles. The molecule has 2 atom stereocenters. The molecule has 2 aliphatic rings. The van der Waals surface area contributed by atoms with Crippen LogP contribution in [0.1, 0.15) is 10.4 Å². The van der Waals surface area contributed by atoms with Crippen molar-refractivity contribution in [2.24, 2.45) is 0 Å². The van der Waals surface area contributed by atoms with Crippen LogP contribution in [0.2, 0.25) is 0 Å². The van der Waals surface area contributed by atoms with Crippen molar-refractivity contribution in [3.05, 3.63) is 36.0 Å². The number of benzene rings is 1. The summed E-state index contributed by atoms with van der Waals surface area (Å²) >= 11 is 1.52. The SMILES string of the molecule is O=C(O)C1CN(C(=O)C2CSCN2C(=O)c2c[nH]c3ccccc23)CCO1. The maximum absolute atomic E-state index is 13.1. The van der Waals surface area contributed by atoms with E-state index in [0.717, 1.165) is 10.9 Å². The van der Waals surface area contributed by atoms with Crippen molar-refractivity contribution < 1.29 is 24.2 Å². The Morgan fingerprint density at radius 2 is 2.07 bits per heavy atom. The largest absolute Gasteiger partial charge is 0.479 e. The molecule has 2 amide bonds. The van der Waals surface area contributed by atoms with Gasteiger partial charge in [-0.25, -0.2) is 4.79 Å². The van der Waals surface area contributed by atoms with Crippen molar-refractivity contribution in [1.29, 1.82) is 0 Å². The molecule has 27 heavy (non-hydrogen) atoms. The van der Waals surface area contributed by atoms with Crippen LogP contribution in [-0.4, -0.2) is 81.1 Å². The highest BCUT2D eigenvalue weighted by Crippen LogP contribution is 2.27. The summed E-state index contributed by atoms with van der Waals surface area (Å²) in [5, 5.41) is 9.96. The first kappa shape index (κ1) is 17.9. The van der Waals surface area contributed by atoms with E-state index < -0.39 is 18.1 Å². The first-order valence-corrected chi connectivity index (χ1v) is 9.80. The van der Waals surface area contributed by atoms with Crippen molar-refractivity contribution in [1.82, 2.24) is 14.8 Å². The van der Waals surface area contributed by atoms with Crippen LogP contribution in [0.15, 0.2) is 30.5 Å². The third kappa shape index (κ3) is 3.28. The van der Waals surface area contributed by atoms with E-state index in [1.165, 1.54) is 16.7 Å². The normalized spacial score (nSPS) is 23.0. The Labute approximate surface area is 159 Å². The molecule has 4 rings (SSSR count). The predicted octanol–water partition coefficient (Wildman–Crippen LogP) is 0.995. The number of hydrogen-bond acceptors (Lipinski definition) is 5. The Morgan fingerprint density at radius 1 is 1.26 bits per heavy atom. The van der Waals surface area contributed by atoms with E-state index >= 15 is 0 Å². The third-order valence-electron chi connectivity index (χ3n) is 4.90. The molecule has 1 aromatic carbocycles. The average molecular weight is 389 g/mol. The van der Waals surface area contributed by atoms with Crippen molar-refractivity contribution in [3.8, 4) is 0 Å². The number of hydrogen-bond donors (Lipinski definition) is 2. The van der Waals surface area contributed by atoms with Gasteiger partial charge in [0.1, 0.15) is 6.04 Å². The fourth-order valence-corrected chi connectivity index (χ4v) is 4.61. The van der Waals surface area contributed by atoms with Crippen LogP contribution in [-0.2, 0) is 14.3 Å². The molecule has 0 bridgehead atoms. The Balaban J connectivity index is 1.54. The molecule has 8 nitrogen and oxygen atoms in total. The van der Waals surface area contributed by atoms with E-state index in [4.69, 9.17) is 9.84 Å². The standard InChI is InChI=1S/C18H19N3O5S/c22-16(12-7-19-13-4-2-1-3-11(12)13)21-10-27-9-14(21)17(23)20-5-6-26-15(8-20)18(24)25/h1-4,7,14-15,19H,5-6,8-10H2,(H,24,25). The summed E-state index contributed by atoms with van der Waals surface area (Å²) in [5.41, 5.74) is 1.41. The number of para-hydroxylation sites is 1. The van der Waals surface area contributed by atoms with Gasteiger partial charge in [-0.05, 0) is 6.07 Å². The Hall–Kier alpha value is -2.52. The summed E-state index contributed by atoms with van der Waals surface area (Å²) < 4.78 is 5.18. The summed E-state index contributed by atoms with van der Waals surface area (Å²) in [4.78, 5) is 43.4. The Kier molecular flexibility index (Phi) is 4.79. The molecule has 2 fully saturated rings. The number of ether oxygens (including phenoxy) is 1. The molecule has 1 aromatic heterocycles. The minimum absolute atomic E-state index is 0.00441. The molecule has 0 radical (unpaired) electrons. The lowest BCUT2D eigenvalue weighted by Gasteiger charge is -2.34. The van der Waals surface area contributed by atoms with E-state index in [9.17, 15) is 14.4 Å². The number of thioether (sulfide) groups is 1. The zero-order valence-corrected chi connectivity index (χ0v) is 15.3. The summed E-state index contributed by atoms with van der Waals surface area (Å²) in [6.45, 7) is 0.516. The van der Waals surface area contributed by atoms with Gasteiger partial charge in [0.2, 0.25) is 5.91 Å². The number of nitrogens with zero attached hydrogens (tertiary/aromatic N) is 2. The summed E-state index contributed by atoms with van der Waals surface area (Å²) in [6.07, 6.45) is 0.654. The minimum Gasteiger partial charge on any atom is -0.479 e. The van der Waals surface area contributed by atoms with Crippen LogP contribution < -0.4 is 0 Å². The molecule has 0 spiro atoms. The van der Waals surface area contributed by atoms with E-state index in [-0.39, 0.29) is 25.0 Å². The molecule has 2 aliphatic heterocycles. The van der Waals surface area contributed by atoms with Crippen LogP contribution >= 0.6 is 11.8 Å². The zero-order valence-electron chi connectivity index (χ0n) is 14.5. The number of H-pyrrole nitrogens is 1. The smallest absolute Gasteiger partial charge is 0.334 e. The first-order chi connectivity index (χ1) is 13.1. The Morgan fingerprint density at radius 3 is 2.89 bits per heavy atom. The number of carbonyl (C=O) groups is 3. The maximum atomic E-state index is 13.1. The number of aliphatic carboxylic acids is 1. The highest BCUT2D eigenvalue weighted by molar-refractivity contribution is 7.99. The molecule has 2 N–H and O–H groups in total. The Bertz CT molecular complexity index is 898. The quantitative estimate of drug-likeness (QED) is 0.812. The monoisotopic (exact) mass is 389 g/mol. The van der Waals surface area contributed by atoms with Gasteiger partial charge in [-0.15, -0.1) is 11.8 Å². The zero-order chi connectivity index (χ0) is 19.0. The molecule has 0 aliphatic carbocycles.